The summed E-state index contributed by atoms with van der Waals surface area (Å²) in [7, 11) is 0. The first kappa shape index (κ1) is 8.30. The Labute approximate surface area is 53.7 Å². The molecule has 0 aromatic heterocycles. The van der Waals surface area contributed by atoms with Gasteiger partial charge >= 0.3 is 0 Å². The van der Waals surface area contributed by atoms with Crippen LogP contribution in [0.15, 0.2) is 0 Å². The van der Waals surface area contributed by atoms with Gasteiger partial charge in [0, 0.05) is 0 Å². The fraction of sp³-hybridized carbons (Fsp3) is 0.500. The van der Waals surface area contributed by atoms with Crippen molar-refractivity contribution in [1.82, 2.24) is 0 Å². The van der Waals surface area contributed by atoms with Crippen LogP contribution in [0.25, 0.3) is 0 Å². The fourth-order valence-corrected chi connectivity index (χ4v) is 0.340. The van der Waals surface area contributed by atoms with Crippen LogP contribution >= 0.6 is 0 Å². The minimum atomic E-state index is -1.22. The van der Waals surface area contributed by atoms with Crippen LogP contribution in [0.4, 0.5) is 0 Å². The van der Waals surface area contributed by atoms with Crippen LogP contribution in [0.2, 0.25) is 0 Å². The molecule has 1 unspecified atom stereocenters. The van der Waals surface area contributed by atoms with E-state index in [1.165, 1.54) is 13.8 Å². The Kier molecular flexibility index (Phi) is 3.09. The number of ketones is 2. The highest BCUT2D eigenvalue weighted by Gasteiger charge is 2.11. The van der Waals surface area contributed by atoms with Crippen molar-refractivity contribution in [2.75, 3.05) is 0 Å². The first-order valence-electron chi connectivity index (χ1n) is 2.58. The smallest absolute Gasteiger partial charge is 0.158 e. The second-order valence-electron chi connectivity index (χ2n) is 1.83. The summed E-state index contributed by atoms with van der Waals surface area (Å²) < 4.78 is 0. The second kappa shape index (κ2) is 3.35. The average Bonchev–Trinajstić information content (AvgIpc) is 1.63. The number of hydrogen-bond donors (Lipinski definition) is 1. The molecule has 0 heterocycles. The zero-order valence-electron chi connectivity index (χ0n) is 5.42. The average molecular weight is 129 g/mol. The molecule has 0 amide bonds. The summed E-state index contributed by atoms with van der Waals surface area (Å²) in [5, 5.41) is 8.67. The molecule has 0 saturated heterocycles. The maximum Gasteiger partial charge on any atom is 0.158 e. The van der Waals surface area contributed by atoms with E-state index in [-0.39, 0.29) is 5.78 Å². The number of hydrogen-bond acceptors (Lipinski definition) is 3. The second-order valence-corrected chi connectivity index (χ2v) is 1.83. The third-order valence-electron chi connectivity index (χ3n) is 0.809. The molecule has 0 spiro atoms. The van der Waals surface area contributed by atoms with Crippen LogP contribution in [0.1, 0.15) is 13.8 Å². The molecule has 0 fully saturated rings. The zero-order valence-corrected chi connectivity index (χ0v) is 5.42. The third kappa shape index (κ3) is 3.85. The van der Waals surface area contributed by atoms with Gasteiger partial charge in [-0.15, -0.1) is 0 Å². The van der Waals surface area contributed by atoms with E-state index in [4.69, 9.17) is 5.11 Å². The summed E-state index contributed by atoms with van der Waals surface area (Å²) in [4.78, 5) is 20.4. The highest BCUT2D eigenvalue weighted by atomic mass is 16.3. The predicted molar refractivity (Wildman–Crippen MR) is 31.7 cm³/mol. The summed E-state index contributed by atoms with van der Waals surface area (Å²) >= 11 is 0. The Balaban J connectivity index is 3.63. The van der Waals surface area contributed by atoms with E-state index in [1.807, 2.05) is 0 Å². The van der Waals surface area contributed by atoms with Crippen molar-refractivity contribution in [3.05, 3.63) is 6.42 Å². The van der Waals surface area contributed by atoms with Crippen molar-refractivity contribution in [3.63, 3.8) is 0 Å². The molecule has 0 aliphatic rings. The van der Waals surface area contributed by atoms with Gasteiger partial charge in [0.1, 0.15) is 11.9 Å². The van der Waals surface area contributed by atoms with Gasteiger partial charge in [-0.05, 0) is 13.8 Å². The molecular weight excluding hydrogens is 120 g/mol. The molecule has 51 valence electrons. The van der Waals surface area contributed by atoms with Crippen LogP contribution in [-0.4, -0.2) is 22.8 Å². The summed E-state index contributed by atoms with van der Waals surface area (Å²) in [5.74, 6) is -0.706. The molecule has 3 heteroatoms. The van der Waals surface area contributed by atoms with Gasteiger partial charge < -0.3 is 5.11 Å². The Hall–Kier alpha value is -0.700. The van der Waals surface area contributed by atoms with Crippen molar-refractivity contribution in [3.8, 4) is 0 Å². The Morgan fingerprint density at radius 1 is 1.44 bits per heavy atom. The molecule has 1 N–H and O–H groups in total. The van der Waals surface area contributed by atoms with E-state index in [0.29, 0.717) is 0 Å². The Bertz CT molecular complexity index is 128. The van der Waals surface area contributed by atoms with E-state index in [1.54, 1.807) is 0 Å². The summed E-state index contributed by atoms with van der Waals surface area (Å²) in [5.41, 5.74) is 0. The zero-order chi connectivity index (χ0) is 7.44. The lowest BCUT2D eigenvalue weighted by Gasteiger charge is -2.00. The number of rotatable bonds is 3. The van der Waals surface area contributed by atoms with Crippen molar-refractivity contribution in [2.24, 2.45) is 0 Å². The molecule has 0 aromatic carbocycles. The number of aliphatic hydroxyl groups is 1. The predicted octanol–water partition coefficient (Wildman–Crippen LogP) is -0.270. The maximum atomic E-state index is 10.2. The van der Waals surface area contributed by atoms with Crippen molar-refractivity contribution in [2.45, 2.75) is 20.0 Å². The van der Waals surface area contributed by atoms with E-state index >= 15 is 0 Å². The normalized spacial score (nSPS) is 12.8. The highest BCUT2D eigenvalue weighted by Crippen LogP contribution is 1.91. The summed E-state index contributed by atoms with van der Waals surface area (Å²) in [6.45, 7) is 2.51. The Morgan fingerprint density at radius 2 is 1.89 bits per heavy atom. The molecule has 0 aliphatic carbocycles. The van der Waals surface area contributed by atoms with Gasteiger partial charge in [0.15, 0.2) is 5.78 Å². The number of carbonyl (C=O) groups excluding carboxylic acids is 2. The number of carbonyl (C=O) groups is 2. The van der Waals surface area contributed by atoms with Gasteiger partial charge in [-0.3, -0.25) is 9.59 Å². The maximum absolute atomic E-state index is 10.2. The fourth-order valence-electron chi connectivity index (χ4n) is 0.340. The molecule has 0 aliphatic heterocycles. The van der Waals surface area contributed by atoms with Gasteiger partial charge in [0.05, 0.1) is 6.42 Å². The molecule has 1 atom stereocenters. The van der Waals surface area contributed by atoms with Crippen LogP contribution in [0.3, 0.4) is 0 Å². The molecular formula is C6H9O3. The molecule has 0 bridgehead atoms. The van der Waals surface area contributed by atoms with Crippen molar-refractivity contribution in [1.29, 1.82) is 0 Å². The van der Waals surface area contributed by atoms with Crippen molar-refractivity contribution >= 4 is 11.6 Å². The first-order valence-corrected chi connectivity index (χ1v) is 2.58. The van der Waals surface area contributed by atoms with Crippen LogP contribution < -0.4 is 0 Å². The SMILES string of the molecule is CC(=O)[CH]C(O)C(C)=O. The topological polar surface area (TPSA) is 54.4 Å². The van der Waals surface area contributed by atoms with Gasteiger partial charge in [-0.25, -0.2) is 0 Å². The minimum absolute atomic E-state index is 0.294. The summed E-state index contributed by atoms with van der Waals surface area (Å²) in [6, 6.07) is 0. The van der Waals surface area contributed by atoms with Crippen LogP contribution in [0.5, 0.6) is 0 Å². The number of Topliss-reactive ketones (excluding diaryl/α,β-unsaturated/α-hetero) is 2. The molecule has 0 saturated carbocycles. The Morgan fingerprint density at radius 3 is 2.00 bits per heavy atom. The molecule has 0 aromatic rings. The van der Waals surface area contributed by atoms with Gasteiger partial charge in [0.25, 0.3) is 0 Å². The highest BCUT2D eigenvalue weighted by molar-refractivity contribution is 5.93. The number of aliphatic hydroxyl groups excluding tert-OH is 1. The van der Waals surface area contributed by atoms with E-state index in [0.717, 1.165) is 6.42 Å². The van der Waals surface area contributed by atoms with Gasteiger partial charge in [0.2, 0.25) is 0 Å². The van der Waals surface area contributed by atoms with Crippen LogP contribution in [0, 0.1) is 6.42 Å². The van der Waals surface area contributed by atoms with Crippen LogP contribution in [-0.2, 0) is 9.59 Å². The van der Waals surface area contributed by atoms with E-state index in [2.05, 4.69) is 0 Å². The van der Waals surface area contributed by atoms with Gasteiger partial charge in [-0.1, -0.05) is 0 Å². The minimum Gasteiger partial charge on any atom is -0.385 e. The largest absolute Gasteiger partial charge is 0.385 e. The van der Waals surface area contributed by atoms with Gasteiger partial charge in [-0.2, -0.15) is 0 Å². The van der Waals surface area contributed by atoms with E-state index < -0.39 is 11.9 Å². The lowest BCUT2D eigenvalue weighted by molar-refractivity contribution is -0.126. The van der Waals surface area contributed by atoms with E-state index in [9.17, 15) is 9.59 Å². The quantitative estimate of drug-likeness (QED) is 0.570. The first-order chi connectivity index (χ1) is 4.04. The lowest BCUT2D eigenvalue weighted by atomic mass is 10.1. The third-order valence-corrected chi connectivity index (χ3v) is 0.809. The lowest BCUT2D eigenvalue weighted by Crippen LogP contribution is -2.20. The molecule has 0 rings (SSSR count). The summed E-state index contributed by atoms with van der Waals surface area (Å²) in [6.07, 6.45) is -0.245. The molecule has 3 nitrogen and oxygen atoms in total. The molecule has 9 heavy (non-hydrogen) atoms. The standard InChI is InChI=1S/C6H9O3/c1-4(7)3-6(9)5(2)8/h3,6,9H,1-2H3. The molecule has 1 radical (unpaired) electrons. The van der Waals surface area contributed by atoms with Crippen molar-refractivity contribution < 1.29 is 14.7 Å². The monoisotopic (exact) mass is 129 g/mol.